The number of carbonyl (C=O) groups is 2. The smallest absolute Gasteiger partial charge is 0.266 e. The van der Waals surface area contributed by atoms with Crippen molar-refractivity contribution < 1.29 is 14.3 Å². The Hall–Kier alpha value is -1.70. The number of anilines is 1. The van der Waals surface area contributed by atoms with Crippen LogP contribution in [0.25, 0.3) is 0 Å². The largest absolute Gasteiger partial charge is 0.372 e. The topological polar surface area (TPSA) is 58.6 Å². The molecule has 1 fully saturated rings. The molecular weight excluding hydrogens is 428 g/mol. The first-order chi connectivity index (χ1) is 14.6. The monoisotopic (exact) mass is 460 g/mol. The second kappa shape index (κ2) is 8.68. The van der Waals surface area contributed by atoms with Crippen LogP contribution >= 0.6 is 22.7 Å². The average molecular weight is 461 g/mol. The molecule has 0 unspecified atom stereocenters. The Morgan fingerprint density at radius 1 is 1.19 bits per heavy atom. The van der Waals surface area contributed by atoms with Gasteiger partial charge in [0, 0.05) is 18.0 Å². The van der Waals surface area contributed by atoms with E-state index in [0.29, 0.717) is 34.4 Å². The van der Waals surface area contributed by atoms with Gasteiger partial charge in [0.2, 0.25) is 0 Å². The van der Waals surface area contributed by atoms with Crippen molar-refractivity contribution in [1.29, 1.82) is 0 Å². The Morgan fingerprint density at radius 2 is 1.90 bits per heavy atom. The highest BCUT2D eigenvalue weighted by atomic mass is 32.1. The van der Waals surface area contributed by atoms with Gasteiger partial charge in [-0.1, -0.05) is 26.8 Å². The number of rotatable bonds is 3. The lowest BCUT2D eigenvalue weighted by Crippen LogP contribution is -2.48. The van der Waals surface area contributed by atoms with Crippen molar-refractivity contribution in [3.05, 3.63) is 38.4 Å². The molecule has 2 aromatic rings. The van der Waals surface area contributed by atoms with Crippen molar-refractivity contribution >= 4 is 39.5 Å². The number of amides is 2. The lowest BCUT2D eigenvalue weighted by molar-refractivity contribution is -0.0586. The molecule has 2 aromatic heterocycles. The van der Waals surface area contributed by atoms with Gasteiger partial charge < -0.3 is 15.0 Å². The maximum absolute atomic E-state index is 13.7. The van der Waals surface area contributed by atoms with E-state index < -0.39 is 0 Å². The number of hydrogen-bond acceptors (Lipinski definition) is 5. The van der Waals surface area contributed by atoms with Gasteiger partial charge in [0.05, 0.1) is 22.6 Å². The van der Waals surface area contributed by atoms with Gasteiger partial charge in [-0.25, -0.2) is 0 Å². The number of carbonyl (C=O) groups excluding carboxylic acids is 2. The molecule has 0 bridgehead atoms. The minimum absolute atomic E-state index is 0.0107. The maximum atomic E-state index is 13.7. The van der Waals surface area contributed by atoms with Crippen molar-refractivity contribution in [2.45, 2.75) is 66.1 Å². The fourth-order valence-electron chi connectivity index (χ4n) is 4.71. The van der Waals surface area contributed by atoms with Crippen LogP contribution in [0.3, 0.4) is 0 Å². The predicted octanol–water partition coefficient (Wildman–Crippen LogP) is 5.46. The van der Waals surface area contributed by atoms with Gasteiger partial charge in [0.15, 0.2) is 0 Å². The molecule has 3 heterocycles. The second-order valence-corrected chi connectivity index (χ2v) is 12.0. The SMILES string of the molecule is C[C@@H]1CN(C(=O)c2c(NC(=O)c3cccs3)sc3c2CC[C@H](C(C)(C)C)C3)C[C@@H](C)O1. The lowest BCUT2D eigenvalue weighted by Gasteiger charge is -2.36. The summed E-state index contributed by atoms with van der Waals surface area (Å²) in [5.74, 6) is 0.458. The fourth-order valence-corrected chi connectivity index (χ4v) is 6.65. The summed E-state index contributed by atoms with van der Waals surface area (Å²) in [5.41, 5.74) is 2.07. The van der Waals surface area contributed by atoms with Crippen molar-refractivity contribution in [2.75, 3.05) is 18.4 Å². The Kier molecular flexibility index (Phi) is 6.30. The van der Waals surface area contributed by atoms with Gasteiger partial charge in [-0.15, -0.1) is 22.7 Å². The molecule has 2 aliphatic rings. The summed E-state index contributed by atoms with van der Waals surface area (Å²) in [6.45, 7) is 12.0. The van der Waals surface area contributed by atoms with Gasteiger partial charge in [-0.3, -0.25) is 9.59 Å². The van der Waals surface area contributed by atoms with Gasteiger partial charge >= 0.3 is 0 Å². The third-order valence-corrected chi connectivity index (χ3v) is 8.42. The molecule has 4 rings (SSSR count). The number of nitrogens with zero attached hydrogens (tertiary/aromatic N) is 1. The van der Waals surface area contributed by atoms with Gasteiger partial charge in [-0.2, -0.15) is 0 Å². The minimum Gasteiger partial charge on any atom is -0.372 e. The molecule has 1 aliphatic carbocycles. The van der Waals surface area contributed by atoms with Crippen LogP contribution in [0.5, 0.6) is 0 Å². The molecule has 1 N–H and O–H groups in total. The molecule has 1 saturated heterocycles. The zero-order valence-corrected chi connectivity index (χ0v) is 20.6. The predicted molar refractivity (Wildman–Crippen MR) is 127 cm³/mol. The van der Waals surface area contributed by atoms with E-state index in [1.165, 1.54) is 16.2 Å². The van der Waals surface area contributed by atoms with E-state index in [-0.39, 0.29) is 29.4 Å². The van der Waals surface area contributed by atoms with Crippen LogP contribution in [-0.2, 0) is 17.6 Å². The minimum atomic E-state index is -0.140. The summed E-state index contributed by atoms with van der Waals surface area (Å²) in [5, 5.41) is 5.67. The summed E-state index contributed by atoms with van der Waals surface area (Å²) < 4.78 is 5.83. The van der Waals surface area contributed by atoms with E-state index >= 15 is 0 Å². The van der Waals surface area contributed by atoms with E-state index in [1.54, 1.807) is 11.3 Å². The Morgan fingerprint density at radius 3 is 2.52 bits per heavy atom. The maximum Gasteiger partial charge on any atom is 0.266 e. The fraction of sp³-hybridized carbons (Fsp3) is 0.583. The van der Waals surface area contributed by atoms with Gasteiger partial charge in [0.25, 0.3) is 11.8 Å². The summed E-state index contributed by atoms with van der Waals surface area (Å²) in [6, 6.07) is 3.69. The number of fused-ring (bicyclic) bond motifs is 1. The highest BCUT2D eigenvalue weighted by Gasteiger charge is 2.36. The molecule has 0 aromatic carbocycles. The lowest BCUT2D eigenvalue weighted by atomic mass is 9.72. The van der Waals surface area contributed by atoms with Crippen LogP contribution in [0.15, 0.2) is 17.5 Å². The van der Waals surface area contributed by atoms with Crippen LogP contribution in [0, 0.1) is 11.3 Å². The molecular formula is C24H32N2O3S2. The zero-order valence-electron chi connectivity index (χ0n) is 19.0. The third kappa shape index (κ3) is 4.73. The van der Waals surface area contributed by atoms with E-state index in [9.17, 15) is 9.59 Å². The number of hydrogen-bond donors (Lipinski definition) is 1. The Bertz CT molecular complexity index is 948. The molecule has 2 amide bonds. The Balaban J connectivity index is 1.69. The molecule has 31 heavy (non-hydrogen) atoms. The first-order valence-corrected chi connectivity index (χ1v) is 12.8. The quantitative estimate of drug-likeness (QED) is 0.661. The van der Waals surface area contributed by atoms with Crippen LogP contribution in [0.4, 0.5) is 5.00 Å². The summed E-state index contributed by atoms with van der Waals surface area (Å²) >= 11 is 3.01. The summed E-state index contributed by atoms with van der Waals surface area (Å²) in [6.07, 6.45) is 2.95. The highest BCUT2D eigenvalue weighted by Crippen LogP contribution is 2.45. The first kappa shape index (κ1) is 22.5. The number of nitrogens with one attached hydrogen (secondary N) is 1. The van der Waals surface area contributed by atoms with Crippen molar-refractivity contribution in [3.63, 3.8) is 0 Å². The van der Waals surface area contributed by atoms with Crippen molar-refractivity contribution in [2.24, 2.45) is 11.3 Å². The van der Waals surface area contributed by atoms with E-state index in [0.717, 1.165) is 24.8 Å². The molecule has 0 spiro atoms. The van der Waals surface area contributed by atoms with Crippen LogP contribution in [0.1, 0.15) is 71.5 Å². The van der Waals surface area contributed by atoms with Crippen LogP contribution in [-0.4, -0.2) is 42.0 Å². The third-order valence-electron chi connectivity index (χ3n) is 6.38. The van der Waals surface area contributed by atoms with E-state index in [1.807, 2.05) is 36.3 Å². The number of ether oxygens (including phenoxy) is 1. The normalized spacial score (nSPS) is 24.0. The molecule has 3 atom stereocenters. The van der Waals surface area contributed by atoms with E-state index in [2.05, 4.69) is 26.1 Å². The second-order valence-electron chi connectivity index (χ2n) is 9.91. The number of thiophene rings is 2. The van der Waals surface area contributed by atoms with Crippen molar-refractivity contribution in [1.82, 2.24) is 4.90 Å². The standard InChI is InChI=1S/C24H32N2O3S2/c1-14-12-26(13-15(2)29-14)23(28)20-17-9-8-16(24(3,4)5)11-19(17)31-22(20)25-21(27)18-7-6-10-30-18/h6-7,10,14-16H,8-9,11-13H2,1-5H3,(H,25,27)/t14-,15-,16+/m1/s1. The zero-order chi connectivity index (χ0) is 22.3. The molecule has 5 nitrogen and oxygen atoms in total. The van der Waals surface area contributed by atoms with Gasteiger partial charge in [0.1, 0.15) is 5.00 Å². The highest BCUT2D eigenvalue weighted by molar-refractivity contribution is 7.17. The number of morpholine rings is 1. The molecule has 0 saturated carbocycles. The van der Waals surface area contributed by atoms with E-state index in [4.69, 9.17) is 4.74 Å². The van der Waals surface area contributed by atoms with Gasteiger partial charge in [-0.05, 0) is 61.5 Å². The average Bonchev–Trinajstić information content (AvgIpc) is 3.33. The molecule has 0 radical (unpaired) electrons. The summed E-state index contributed by atoms with van der Waals surface area (Å²) in [4.78, 5) is 30.4. The van der Waals surface area contributed by atoms with Crippen LogP contribution < -0.4 is 5.32 Å². The Labute approximate surface area is 192 Å². The summed E-state index contributed by atoms with van der Waals surface area (Å²) in [7, 11) is 0. The van der Waals surface area contributed by atoms with Crippen molar-refractivity contribution in [3.8, 4) is 0 Å². The molecule has 1 aliphatic heterocycles. The van der Waals surface area contributed by atoms with Crippen LogP contribution in [0.2, 0.25) is 0 Å². The molecule has 7 heteroatoms. The first-order valence-electron chi connectivity index (χ1n) is 11.1. The molecule has 168 valence electrons.